The van der Waals surface area contributed by atoms with Crippen LogP contribution in [0.5, 0.6) is 5.75 Å². The standard InChI is InChI=1S/C28H23NO3S/c1-16-13-14-23(32-18(3)19-9-5-4-6-10-19)25-21(28(30)31)15-22(29-26(16)25)27-17(2)20-11-7-8-12-24(20)33-27/h4-15,18H,1-3H3,(H,30,31). The van der Waals surface area contributed by atoms with E-state index in [2.05, 4.69) is 19.1 Å². The second-order valence-corrected chi connectivity index (χ2v) is 9.24. The number of nitrogens with zero attached hydrogens (tertiary/aromatic N) is 1. The first-order chi connectivity index (χ1) is 15.9. The molecule has 0 fully saturated rings. The van der Waals surface area contributed by atoms with Crippen molar-refractivity contribution in [3.8, 4) is 16.3 Å². The third kappa shape index (κ3) is 3.74. The van der Waals surface area contributed by atoms with E-state index in [1.54, 1.807) is 17.4 Å². The average Bonchev–Trinajstić information content (AvgIpc) is 3.17. The number of hydrogen-bond donors (Lipinski definition) is 1. The molecule has 0 spiro atoms. The van der Waals surface area contributed by atoms with E-state index in [1.807, 2.05) is 68.4 Å². The maximum atomic E-state index is 12.4. The highest BCUT2D eigenvalue weighted by Crippen LogP contribution is 2.40. The van der Waals surface area contributed by atoms with E-state index in [0.29, 0.717) is 22.3 Å². The van der Waals surface area contributed by atoms with Gasteiger partial charge in [0.15, 0.2) is 0 Å². The van der Waals surface area contributed by atoms with Crippen LogP contribution in [0.15, 0.2) is 72.8 Å². The van der Waals surface area contributed by atoms with Crippen LogP contribution in [0.3, 0.4) is 0 Å². The van der Waals surface area contributed by atoms with Crippen LogP contribution in [0.4, 0.5) is 0 Å². The van der Waals surface area contributed by atoms with Crippen molar-refractivity contribution >= 4 is 38.3 Å². The number of carbonyl (C=O) groups is 1. The fraction of sp³-hybridized carbons (Fsp3) is 0.143. The van der Waals surface area contributed by atoms with Crippen LogP contribution in [0.1, 0.15) is 40.1 Å². The van der Waals surface area contributed by atoms with E-state index in [1.165, 1.54) is 5.39 Å². The lowest BCUT2D eigenvalue weighted by atomic mass is 10.0. The zero-order valence-electron chi connectivity index (χ0n) is 18.6. The number of aryl methyl sites for hydroxylation is 2. The van der Waals surface area contributed by atoms with Gasteiger partial charge in [0.2, 0.25) is 0 Å². The Morgan fingerprint density at radius 2 is 1.73 bits per heavy atom. The number of benzene rings is 3. The molecule has 164 valence electrons. The van der Waals surface area contributed by atoms with Crippen LogP contribution in [-0.4, -0.2) is 16.1 Å². The molecule has 0 bridgehead atoms. The van der Waals surface area contributed by atoms with Crippen molar-refractivity contribution in [2.24, 2.45) is 0 Å². The minimum Gasteiger partial charge on any atom is -0.485 e. The summed E-state index contributed by atoms with van der Waals surface area (Å²) in [6.07, 6.45) is -0.233. The summed E-state index contributed by atoms with van der Waals surface area (Å²) in [6, 6.07) is 23.6. The third-order valence-electron chi connectivity index (χ3n) is 6.00. The van der Waals surface area contributed by atoms with Gasteiger partial charge in [-0.05, 0) is 61.0 Å². The molecule has 5 heteroatoms. The summed E-state index contributed by atoms with van der Waals surface area (Å²) in [5.74, 6) is -0.471. The lowest BCUT2D eigenvalue weighted by Gasteiger charge is -2.18. The molecule has 0 aliphatic heterocycles. The Morgan fingerprint density at radius 3 is 2.45 bits per heavy atom. The number of thiophene rings is 1. The molecule has 0 saturated heterocycles. The maximum absolute atomic E-state index is 12.4. The molecular formula is C28H23NO3S. The SMILES string of the molecule is Cc1c(-c2cc(C(=O)O)c3c(OC(C)c4ccccc4)ccc(C)c3n2)sc2ccccc12. The first-order valence-corrected chi connectivity index (χ1v) is 11.6. The molecule has 5 aromatic rings. The Hall–Kier alpha value is -3.70. The molecule has 0 aliphatic carbocycles. The number of hydrogen-bond acceptors (Lipinski definition) is 4. The van der Waals surface area contributed by atoms with Gasteiger partial charge in [-0.2, -0.15) is 0 Å². The second kappa shape index (κ2) is 8.34. The van der Waals surface area contributed by atoms with Gasteiger partial charge in [-0.15, -0.1) is 11.3 Å². The Bertz CT molecular complexity index is 1500. The summed E-state index contributed by atoms with van der Waals surface area (Å²) in [4.78, 5) is 18.3. The van der Waals surface area contributed by atoms with Gasteiger partial charge in [0.25, 0.3) is 0 Å². The summed E-state index contributed by atoms with van der Waals surface area (Å²) in [5, 5.41) is 11.9. The van der Waals surface area contributed by atoms with Crippen LogP contribution in [0.2, 0.25) is 0 Å². The van der Waals surface area contributed by atoms with Crippen LogP contribution < -0.4 is 4.74 Å². The second-order valence-electron chi connectivity index (χ2n) is 8.19. The molecular weight excluding hydrogens is 430 g/mol. The predicted octanol–water partition coefficient (Wildman–Crippen LogP) is 7.57. The van der Waals surface area contributed by atoms with Gasteiger partial charge in [0.05, 0.1) is 27.0 Å². The largest absolute Gasteiger partial charge is 0.485 e. The van der Waals surface area contributed by atoms with Crippen molar-refractivity contribution in [2.45, 2.75) is 26.9 Å². The fourth-order valence-electron chi connectivity index (χ4n) is 4.23. The van der Waals surface area contributed by atoms with E-state index in [9.17, 15) is 9.90 Å². The van der Waals surface area contributed by atoms with Crippen molar-refractivity contribution in [1.29, 1.82) is 0 Å². The molecule has 0 amide bonds. The van der Waals surface area contributed by atoms with Crippen LogP contribution in [0, 0.1) is 13.8 Å². The normalized spacial score (nSPS) is 12.2. The first-order valence-electron chi connectivity index (χ1n) is 10.8. The summed E-state index contributed by atoms with van der Waals surface area (Å²) in [5.41, 5.74) is 4.57. The Balaban J connectivity index is 1.70. The van der Waals surface area contributed by atoms with Crippen LogP contribution >= 0.6 is 11.3 Å². The Labute approximate surface area is 196 Å². The highest BCUT2D eigenvalue weighted by molar-refractivity contribution is 7.22. The van der Waals surface area contributed by atoms with Crippen molar-refractivity contribution in [2.75, 3.05) is 0 Å². The smallest absolute Gasteiger partial charge is 0.336 e. The summed E-state index contributed by atoms with van der Waals surface area (Å²) in [7, 11) is 0. The molecule has 1 N–H and O–H groups in total. The molecule has 2 aromatic heterocycles. The number of fused-ring (bicyclic) bond motifs is 2. The number of carboxylic acid groups (broad SMARTS) is 1. The summed E-state index contributed by atoms with van der Waals surface area (Å²) < 4.78 is 7.44. The number of carboxylic acids is 1. The van der Waals surface area contributed by atoms with E-state index in [0.717, 1.165) is 26.3 Å². The van der Waals surface area contributed by atoms with Crippen LogP contribution in [-0.2, 0) is 0 Å². The molecule has 0 aliphatic rings. The van der Waals surface area contributed by atoms with Crippen LogP contribution in [0.25, 0.3) is 31.6 Å². The topological polar surface area (TPSA) is 59.4 Å². The predicted molar refractivity (Wildman–Crippen MR) is 134 cm³/mol. The number of aromatic carboxylic acids is 1. The fourth-order valence-corrected chi connectivity index (χ4v) is 5.40. The third-order valence-corrected chi connectivity index (χ3v) is 7.30. The summed E-state index contributed by atoms with van der Waals surface area (Å²) in [6.45, 7) is 5.98. The van der Waals surface area contributed by atoms with Gasteiger partial charge < -0.3 is 9.84 Å². The maximum Gasteiger partial charge on any atom is 0.336 e. The molecule has 0 saturated carbocycles. The Morgan fingerprint density at radius 1 is 1.00 bits per heavy atom. The molecule has 1 unspecified atom stereocenters. The molecule has 5 rings (SSSR count). The van der Waals surface area contributed by atoms with Crippen molar-refractivity contribution in [1.82, 2.24) is 4.98 Å². The first kappa shape index (κ1) is 21.2. The monoisotopic (exact) mass is 453 g/mol. The molecule has 2 heterocycles. The number of ether oxygens (including phenoxy) is 1. The number of aromatic nitrogens is 1. The minimum absolute atomic E-state index is 0.200. The van der Waals surface area contributed by atoms with Crippen molar-refractivity contribution < 1.29 is 14.6 Å². The van der Waals surface area contributed by atoms with Crippen molar-refractivity contribution in [3.63, 3.8) is 0 Å². The quantitative estimate of drug-likeness (QED) is 0.298. The van der Waals surface area contributed by atoms with Gasteiger partial charge in [-0.1, -0.05) is 54.6 Å². The molecule has 0 radical (unpaired) electrons. The zero-order chi connectivity index (χ0) is 23.1. The van der Waals surface area contributed by atoms with Crippen molar-refractivity contribution in [3.05, 3.63) is 95.1 Å². The van der Waals surface area contributed by atoms with Gasteiger partial charge in [-0.3, -0.25) is 0 Å². The van der Waals surface area contributed by atoms with E-state index >= 15 is 0 Å². The highest BCUT2D eigenvalue weighted by Gasteiger charge is 2.21. The lowest BCUT2D eigenvalue weighted by Crippen LogP contribution is -2.07. The average molecular weight is 454 g/mol. The number of pyridine rings is 1. The van der Waals surface area contributed by atoms with E-state index in [4.69, 9.17) is 9.72 Å². The minimum atomic E-state index is -0.995. The zero-order valence-corrected chi connectivity index (χ0v) is 19.4. The Kier molecular flexibility index (Phi) is 5.35. The molecule has 1 atom stereocenters. The van der Waals surface area contributed by atoms with Gasteiger partial charge in [0, 0.05) is 4.70 Å². The number of rotatable bonds is 5. The highest BCUT2D eigenvalue weighted by atomic mass is 32.1. The van der Waals surface area contributed by atoms with Gasteiger partial charge in [-0.25, -0.2) is 9.78 Å². The molecule has 3 aromatic carbocycles. The van der Waals surface area contributed by atoms with Gasteiger partial charge >= 0.3 is 5.97 Å². The van der Waals surface area contributed by atoms with E-state index in [-0.39, 0.29) is 11.7 Å². The molecule has 33 heavy (non-hydrogen) atoms. The molecule has 4 nitrogen and oxygen atoms in total. The lowest BCUT2D eigenvalue weighted by molar-refractivity contribution is 0.0698. The van der Waals surface area contributed by atoms with Gasteiger partial charge in [0.1, 0.15) is 11.9 Å². The summed E-state index contributed by atoms with van der Waals surface area (Å²) >= 11 is 1.64. The van der Waals surface area contributed by atoms with E-state index < -0.39 is 5.97 Å².